The molecule has 0 aliphatic carbocycles. The van der Waals surface area contributed by atoms with Gasteiger partial charge in [0.1, 0.15) is 0 Å². The van der Waals surface area contributed by atoms with Gasteiger partial charge in [0.15, 0.2) is 0 Å². The maximum Gasteiger partial charge on any atom is 0.0555 e. The van der Waals surface area contributed by atoms with Gasteiger partial charge in [-0.05, 0) is 12.1 Å². The molecule has 0 heterocycles. The second-order valence-electron chi connectivity index (χ2n) is 2.09. The molecule has 9 heavy (non-hydrogen) atoms. The van der Waals surface area contributed by atoms with Crippen LogP contribution in [0.4, 0.5) is 0 Å². The minimum Gasteiger partial charge on any atom is -0.103 e. The van der Waals surface area contributed by atoms with Crippen LogP contribution in [0, 0.1) is 0 Å². The van der Waals surface area contributed by atoms with Gasteiger partial charge in [0.25, 0.3) is 0 Å². The number of hydrogen-bond acceptors (Lipinski definition) is 0. The Balaban J connectivity index is 3.39. The quantitative estimate of drug-likeness (QED) is 0.406. The summed E-state index contributed by atoms with van der Waals surface area (Å²) >= 11 is 0. The van der Waals surface area contributed by atoms with Gasteiger partial charge >= 0.3 is 0 Å². The monoisotopic (exact) mass is 139 g/mol. The predicted octanol–water partition coefficient (Wildman–Crippen LogP) is 2.87. The van der Waals surface area contributed by atoms with Crippen molar-refractivity contribution in [2.75, 3.05) is 0 Å². The predicted molar refractivity (Wildman–Crippen MR) is 46.2 cm³/mol. The van der Waals surface area contributed by atoms with Crippen LogP contribution in [0.15, 0.2) is 25.3 Å². The van der Waals surface area contributed by atoms with Crippen molar-refractivity contribution in [3.05, 3.63) is 25.3 Å². The highest BCUT2D eigenvalue weighted by atomic mass is 28.3. The molecule has 1 heteroatoms. The summed E-state index contributed by atoms with van der Waals surface area (Å²) in [5, 5.41) is 0. The number of allylic oxidation sites excluding steroid dienone is 2. The van der Waals surface area contributed by atoms with Crippen LogP contribution < -0.4 is 0 Å². The van der Waals surface area contributed by atoms with E-state index in [1.54, 1.807) is 0 Å². The van der Waals surface area contributed by atoms with E-state index in [4.69, 9.17) is 0 Å². The van der Waals surface area contributed by atoms with Crippen molar-refractivity contribution in [3.8, 4) is 0 Å². The highest BCUT2D eigenvalue weighted by Crippen LogP contribution is 2.05. The number of rotatable bonds is 5. The highest BCUT2D eigenvalue weighted by molar-refractivity contribution is 6.59. The van der Waals surface area contributed by atoms with Crippen molar-refractivity contribution < 1.29 is 0 Å². The van der Waals surface area contributed by atoms with Crippen LogP contribution in [-0.4, -0.2) is 8.80 Å². The smallest absolute Gasteiger partial charge is 0.0555 e. The molecule has 0 aliphatic rings. The Labute approximate surface area is 59.9 Å². The lowest BCUT2D eigenvalue weighted by Gasteiger charge is -2.04. The van der Waals surface area contributed by atoms with Gasteiger partial charge < -0.3 is 0 Å². The molecule has 0 rings (SSSR count). The van der Waals surface area contributed by atoms with E-state index in [9.17, 15) is 0 Å². The zero-order valence-corrected chi connectivity index (χ0v) is 7.19. The van der Waals surface area contributed by atoms with Gasteiger partial charge in [-0.25, -0.2) is 0 Å². The van der Waals surface area contributed by atoms with Crippen molar-refractivity contribution in [3.63, 3.8) is 0 Å². The van der Waals surface area contributed by atoms with Crippen molar-refractivity contribution in [2.45, 2.75) is 25.1 Å². The van der Waals surface area contributed by atoms with Crippen molar-refractivity contribution in [2.24, 2.45) is 0 Å². The Morgan fingerprint density at radius 2 is 1.67 bits per heavy atom. The van der Waals surface area contributed by atoms with Crippen LogP contribution in [0.1, 0.15) is 6.92 Å². The highest BCUT2D eigenvalue weighted by Gasteiger charge is 2.01. The molecule has 0 unspecified atom stereocenters. The lowest BCUT2D eigenvalue weighted by molar-refractivity contribution is 1.34. The van der Waals surface area contributed by atoms with E-state index in [2.05, 4.69) is 20.1 Å². The molecule has 0 amide bonds. The summed E-state index contributed by atoms with van der Waals surface area (Å²) in [5.41, 5.74) is 0. The van der Waals surface area contributed by atoms with Crippen molar-refractivity contribution in [1.82, 2.24) is 0 Å². The Bertz CT molecular complexity index is 76.6. The first-order valence-electron chi connectivity index (χ1n) is 3.40. The summed E-state index contributed by atoms with van der Waals surface area (Å²) in [5.74, 6) is 0. The zero-order chi connectivity index (χ0) is 7.11. The second kappa shape index (κ2) is 5.83. The minimum atomic E-state index is -0.122. The molecule has 51 valence electrons. The summed E-state index contributed by atoms with van der Waals surface area (Å²) in [6, 6.07) is 3.79. The van der Waals surface area contributed by atoms with Crippen LogP contribution in [0.3, 0.4) is 0 Å². The summed E-state index contributed by atoms with van der Waals surface area (Å²) in [6.45, 7) is 9.69. The third-order valence-corrected chi connectivity index (χ3v) is 4.10. The minimum absolute atomic E-state index is 0.122. The Kier molecular flexibility index (Phi) is 5.63. The van der Waals surface area contributed by atoms with Gasteiger partial charge in [0.05, 0.1) is 8.80 Å². The van der Waals surface area contributed by atoms with Crippen LogP contribution in [0.5, 0.6) is 0 Å². The van der Waals surface area contributed by atoms with Gasteiger partial charge in [-0.3, -0.25) is 0 Å². The molecule has 0 fully saturated rings. The SMILES string of the molecule is C=CC[Si](CC)CC=C. The lowest BCUT2D eigenvalue weighted by atomic mass is 10.7. The second-order valence-corrected chi connectivity index (χ2v) is 5.11. The largest absolute Gasteiger partial charge is 0.103 e. The molecule has 0 aliphatic heterocycles. The molecule has 0 nitrogen and oxygen atoms in total. The van der Waals surface area contributed by atoms with E-state index < -0.39 is 0 Å². The van der Waals surface area contributed by atoms with Crippen LogP contribution in [-0.2, 0) is 0 Å². The first kappa shape index (κ1) is 8.70. The standard InChI is InChI=1S/C8H15Si/c1-4-7-9(6-3)8-5-2/h4-5H,1-2,6-8H2,3H3. The van der Waals surface area contributed by atoms with Crippen molar-refractivity contribution >= 4 is 8.80 Å². The molecule has 0 aromatic rings. The molecule has 0 atom stereocenters. The average molecular weight is 139 g/mol. The van der Waals surface area contributed by atoms with E-state index in [-0.39, 0.29) is 8.80 Å². The summed E-state index contributed by atoms with van der Waals surface area (Å²) in [7, 11) is -0.122. The lowest BCUT2D eigenvalue weighted by Crippen LogP contribution is -2.06. The third kappa shape index (κ3) is 4.22. The fourth-order valence-electron chi connectivity index (χ4n) is 0.780. The Hall–Kier alpha value is -0.303. The third-order valence-electron chi connectivity index (χ3n) is 1.37. The van der Waals surface area contributed by atoms with Gasteiger partial charge in [-0.15, -0.1) is 13.2 Å². The topological polar surface area (TPSA) is 0 Å². The Morgan fingerprint density at radius 3 is 1.89 bits per heavy atom. The van der Waals surface area contributed by atoms with E-state index in [1.165, 1.54) is 18.1 Å². The molecule has 0 saturated carbocycles. The van der Waals surface area contributed by atoms with E-state index >= 15 is 0 Å². The molecule has 0 saturated heterocycles. The van der Waals surface area contributed by atoms with E-state index in [0.29, 0.717) is 0 Å². The van der Waals surface area contributed by atoms with Gasteiger partial charge in [-0.1, -0.05) is 25.1 Å². The van der Waals surface area contributed by atoms with Crippen molar-refractivity contribution in [1.29, 1.82) is 0 Å². The van der Waals surface area contributed by atoms with Crippen LogP contribution in [0.25, 0.3) is 0 Å². The van der Waals surface area contributed by atoms with E-state index in [0.717, 1.165) is 0 Å². The fraction of sp³-hybridized carbons (Fsp3) is 0.500. The maximum absolute atomic E-state index is 3.72. The van der Waals surface area contributed by atoms with Gasteiger partial charge in [-0.2, -0.15) is 0 Å². The molecule has 0 spiro atoms. The molecule has 0 aromatic carbocycles. The van der Waals surface area contributed by atoms with Crippen LogP contribution in [0.2, 0.25) is 18.1 Å². The van der Waals surface area contributed by atoms with Gasteiger partial charge in [0.2, 0.25) is 0 Å². The molecule has 0 bridgehead atoms. The first-order valence-corrected chi connectivity index (χ1v) is 5.52. The maximum atomic E-state index is 3.72. The molecular formula is C8H15Si. The summed E-state index contributed by atoms with van der Waals surface area (Å²) in [4.78, 5) is 0. The number of hydrogen-bond donors (Lipinski definition) is 0. The normalized spacial score (nSPS) is 9.56. The Morgan fingerprint density at radius 1 is 1.22 bits per heavy atom. The molecule has 0 aromatic heterocycles. The fourth-order valence-corrected chi connectivity index (χ4v) is 2.34. The molecular weight excluding hydrogens is 124 g/mol. The molecule has 1 radical (unpaired) electrons. The first-order chi connectivity index (χ1) is 4.35. The summed E-state index contributed by atoms with van der Waals surface area (Å²) in [6.07, 6.45) is 4.06. The zero-order valence-electron chi connectivity index (χ0n) is 6.19. The average Bonchev–Trinajstić information content (AvgIpc) is 1.88. The summed E-state index contributed by atoms with van der Waals surface area (Å²) < 4.78 is 0. The van der Waals surface area contributed by atoms with Gasteiger partial charge in [0, 0.05) is 0 Å². The van der Waals surface area contributed by atoms with E-state index in [1.807, 2.05) is 12.2 Å². The van der Waals surface area contributed by atoms with Crippen LogP contribution >= 0.6 is 0 Å². The molecule has 0 N–H and O–H groups in total.